The van der Waals surface area contributed by atoms with Gasteiger partial charge < -0.3 is 10.6 Å². The minimum atomic E-state index is -0.825. The van der Waals surface area contributed by atoms with E-state index in [1.807, 2.05) is 13.8 Å². The van der Waals surface area contributed by atoms with Gasteiger partial charge in [-0.3, -0.25) is 4.99 Å². The Morgan fingerprint density at radius 1 is 1.24 bits per heavy atom. The number of benzene rings is 1. The Balaban J connectivity index is 1.80. The van der Waals surface area contributed by atoms with Crippen molar-refractivity contribution >= 4 is 17.3 Å². The maximum atomic E-state index is 13.3. The lowest BCUT2D eigenvalue weighted by Crippen LogP contribution is -2.39. The molecule has 0 radical (unpaired) electrons. The maximum absolute atomic E-state index is 13.3. The molecule has 0 saturated carbocycles. The molecule has 0 spiro atoms. The van der Waals surface area contributed by atoms with Crippen LogP contribution in [0.1, 0.15) is 34.0 Å². The highest BCUT2D eigenvalue weighted by Gasteiger charge is 2.10. The first-order chi connectivity index (χ1) is 11.9. The van der Waals surface area contributed by atoms with Crippen LogP contribution in [0.15, 0.2) is 23.2 Å². The van der Waals surface area contributed by atoms with Crippen LogP contribution in [0.3, 0.4) is 0 Å². The summed E-state index contributed by atoms with van der Waals surface area (Å²) in [6.07, 6.45) is 0.832. The van der Waals surface area contributed by atoms with Crippen molar-refractivity contribution in [3.8, 4) is 0 Å². The molecule has 0 bridgehead atoms. The predicted molar refractivity (Wildman–Crippen MR) is 99.4 cm³/mol. The number of nitrogens with zero attached hydrogens (tertiary/aromatic N) is 2. The van der Waals surface area contributed by atoms with Gasteiger partial charge in [-0.1, -0.05) is 13.0 Å². The number of rotatable bonds is 6. The monoisotopic (exact) mass is 366 g/mol. The molecule has 2 aromatic rings. The molecule has 7 heteroatoms. The summed E-state index contributed by atoms with van der Waals surface area (Å²) in [5.41, 5.74) is 1.83. The Bertz CT molecular complexity index is 723. The molecule has 0 fully saturated rings. The van der Waals surface area contributed by atoms with Gasteiger partial charge in [-0.05, 0) is 37.5 Å². The number of guanidine groups is 1. The lowest BCUT2D eigenvalue weighted by molar-refractivity contribution is 0.505. The number of aromatic nitrogens is 1. The molecule has 1 unspecified atom stereocenters. The van der Waals surface area contributed by atoms with E-state index in [4.69, 9.17) is 0 Å². The number of thiazole rings is 1. The van der Waals surface area contributed by atoms with Gasteiger partial charge in [-0.25, -0.2) is 13.8 Å². The zero-order chi connectivity index (χ0) is 18.4. The van der Waals surface area contributed by atoms with Crippen LogP contribution in [0.2, 0.25) is 0 Å². The molecule has 1 atom stereocenters. The summed E-state index contributed by atoms with van der Waals surface area (Å²) in [5, 5.41) is 7.56. The van der Waals surface area contributed by atoms with E-state index in [0.29, 0.717) is 12.5 Å². The average molecular weight is 366 g/mol. The fourth-order valence-corrected chi connectivity index (χ4v) is 3.27. The van der Waals surface area contributed by atoms with Gasteiger partial charge in [0, 0.05) is 31.4 Å². The van der Waals surface area contributed by atoms with Crippen molar-refractivity contribution in [1.29, 1.82) is 0 Å². The predicted octanol–water partition coefficient (Wildman–Crippen LogP) is 3.55. The smallest absolute Gasteiger partial charge is 0.191 e. The molecule has 0 aliphatic heterocycles. The van der Waals surface area contributed by atoms with Gasteiger partial charge in [-0.2, -0.15) is 0 Å². The van der Waals surface area contributed by atoms with Gasteiger partial charge in [0.2, 0.25) is 0 Å². The second-order valence-electron chi connectivity index (χ2n) is 5.95. The van der Waals surface area contributed by atoms with E-state index in [9.17, 15) is 8.78 Å². The van der Waals surface area contributed by atoms with Crippen molar-refractivity contribution in [3.05, 3.63) is 51.0 Å². The molecule has 0 saturated heterocycles. The van der Waals surface area contributed by atoms with Crippen molar-refractivity contribution < 1.29 is 8.78 Å². The molecule has 0 aliphatic rings. The highest BCUT2D eigenvalue weighted by Crippen LogP contribution is 2.18. The molecule has 1 aromatic heterocycles. The third-order valence-electron chi connectivity index (χ3n) is 4.02. The molecule has 2 rings (SSSR count). The second kappa shape index (κ2) is 8.89. The van der Waals surface area contributed by atoms with E-state index < -0.39 is 11.6 Å². The molecule has 136 valence electrons. The molecule has 1 aromatic carbocycles. The summed E-state index contributed by atoms with van der Waals surface area (Å²) in [5.74, 6) is -0.938. The molecular weight excluding hydrogens is 342 g/mol. The summed E-state index contributed by atoms with van der Waals surface area (Å²) in [6, 6.07) is 4.01. The quantitative estimate of drug-likeness (QED) is 0.607. The van der Waals surface area contributed by atoms with Crippen LogP contribution in [0.4, 0.5) is 8.78 Å². The van der Waals surface area contributed by atoms with Crippen molar-refractivity contribution in [2.24, 2.45) is 4.99 Å². The van der Waals surface area contributed by atoms with E-state index in [0.717, 1.165) is 35.3 Å². The van der Waals surface area contributed by atoms with E-state index in [-0.39, 0.29) is 5.92 Å². The van der Waals surface area contributed by atoms with Crippen molar-refractivity contribution in [2.75, 3.05) is 20.1 Å². The molecule has 2 N–H and O–H groups in total. The lowest BCUT2D eigenvalue weighted by Gasteiger charge is -2.16. The number of hydrogen-bond acceptors (Lipinski definition) is 3. The van der Waals surface area contributed by atoms with Crippen LogP contribution < -0.4 is 10.6 Å². The fourth-order valence-electron chi connectivity index (χ4n) is 2.34. The van der Waals surface area contributed by atoms with Crippen molar-refractivity contribution in [1.82, 2.24) is 15.6 Å². The summed E-state index contributed by atoms with van der Waals surface area (Å²) >= 11 is 1.71. The molecule has 0 amide bonds. The zero-order valence-electron chi connectivity index (χ0n) is 15.0. The Morgan fingerprint density at radius 2 is 2.00 bits per heavy atom. The summed E-state index contributed by atoms with van der Waals surface area (Å²) in [6.45, 7) is 7.34. The van der Waals surface area contributed by atoms with Crippen LogP contribution in [-0.2, 0) is 6.42 Å². The van der Waals surface area contributed by atoms with E-state index in [2.05, 4.69) is 27.5 Å². The molecule has 1 heterocycles. The number of halogens is 2. The van der Waals surface area contributed by atoms with Crippen molar-refractivity contribution in [2.45, 2.75) is 33.1 Å². The van der Waals surface area contributed by atoms with Crippen LogP contribution in [0.5, 0.6) is 0 Å². The van der Waals surface area contributed by atoms with Gasteiger partial charge in [-0.15, -0.1) is 11.3 Å². The first-order valence-corrected chi connectivity index (χ1v) is 9.04. The van der Waals surface area contributed by atoms with E-state index >= 15 is 0 Å². The van der Waals surface area contributed by atoms with Gasteiger partial charge in [0.25, 0.3) is 0 Å². The first-order valence-electron chi connectivity index (χ1n) is 8.23. The number of aliphatic imine (C=N–C) groups is 1. The zero-order valence-corrected chi connectivity index (χ0v) is 15.8. The highest BCUT2D eigenvalue weighted by atomic mass is 32.1. The number of aryl methyl sites for hydroxylation is 2. The average Bonchev–Trinajstić information content (AvgIpc) is 2.91. The Hall–Kier alpha value is -2.02. The summed E-state index contributed by atoms with van der Waals surface area (Å²) in [4.78, 5) is 9.94. The van der Waals surface area contributed by atoms with Gasteiger partial charge >= 0.3 is 0 Å². The Labute approximate surface area is 151 Å². The summed E-state index contributed by atoms with van der Waals surface area (Å²) < 4.78 is 26.3. The fraction of sp³-hybridized carbons (Fsp3) is 0.444. The minimum absolute atomic E-state index is 0.0258. The summed E-state index contributed by atoms with van der Waals surface area (Å²) in [7, 11) is 1.70. The third-order valence-corrected chi connectivity index (χ3v) is 5.15. The minimum Gasteiger partial charge on any atom is -0.356 e. The Kier molecular flexibility index (Phi) is 6.87. The molecular formula is C18H24F2N4S. The van der Waals surface area contributed by atoms with Crippen molar-refractivity contribution in [3.63, 3.8) is 0 Å². The standard InChI is InChI=1S/C18H24F2N4S/c1-11(14-5-6-15(19)16(20)9-14)10-23-18(21-4)22-8-7-17-24-12(2)13(3)25-17/h5-6,9,11H,7-8,10H2,1-4H3,(H2,21,22,23). The van der Waals surface area contributed by atoms with Gasteiger partial charge in [0.15, 0.2) is 17.6 Å². The SMILES string of the molecule is CN=C(NCCc1nc(C)c(C)s1)NCC(C)c1ccc(F)c(F)c1. The van der Waals surface area contributed by atoms with E-state index in [1.165, 1.54) is 10.9 Å². The number of hydrogen-bond donors (Lipinski definition) is 2. The maximum Gasteiger partial charge on any atom is 0.191 e. The van der Waals surface area contributed by atoms with Crippen LogP contribution in [-0.4, -0.2) is 31.1 Å². The van der Waals surface area contributed by atoms with Crippen LogP contribution in [0.25, 0.3) is 0 Å². The first kappa shape index (κ1) is 19.3. The van der Waals surface area contributed by atoms with E-state index in [1.54, 1.807) is 24.5 Å². The Morgan fingerprint density at radius 3 is 2.60 bits per heavy atom. The second-order valence-corrected chi connectivity index (χ2v) is 7.24. The molecule has 4 nitrogen and oxygen atoms in total. The van der Waals surface area contributed by atoms with Gasteiger partial charge in [0.1, 0.15) is 0 Å². The number of nitrogens with one attached hydrogen (secondary N) is 2. The van der Waals surface area contributed by atoms with Crippen LogP contribution >= 0.6 is 11.3 Å². The topological polar surface area (TPSA) is 49.3 Å². The lowest BCUT2D eigenvalue weighted by atomic mass is 10.0. The van der Waals surface area contributed by atoms with Crippen LogP contribution in [0, 0.1) is 25.5 Å². The normalized spacial score (nSPS) is 13.0. The highest BCUT2D eigenvalue weighted by molar-refractivity contribution is 7.11. The molecule has 25 heavy (non-hydrogen) atoms. The largest absolute Gasteiger partial charge is 0.356 e. The van der Waals surface area contributed by atoms with Gasteiger partial charge in [0.05, 0.1) is 10.7 Å². The molecule has 0 aliphatic carbocycles. The third kappa shape index (κ3) is 5.49.